The summed E-state index contributed by atoms with van der Waals surface area (Å²) in [5, 5.41) is 23.1. The number of nitro benzene ring substituents is 2. The molecule has 0 saturated carbocycles. The van der Waals surface area contributed by atoms with Crippen LogP contribution >= 0.6 is 0 Å². The SMILES string of the molecule is CCOC(=O)CN(CC(=O)OCC)c1ccc([N+](=O)[O-])cc1OCCOc1cc([N+](=O)[O-])ccc1N(CC(=O)OCC)CC(=O)OCC. The normalized spacial score (nSPS) is 10.3. The molecule has 0 atom stereocenters. The van der Waals surface area contributed by atoms with Gasteiger partial charge in [-0.25, -0.2) is 0 Å². The van der Waals surface area contributed by atoms with Gasteiger partial charge in [-0.2, -0.15) is 0 Å². The maximum atomic E-state index is 12.3. The van der Waals surface area contributed by atoms with Gasteiger partial charge in [0.15, 0.2) is 0 Å². The van der Waals surface area contributed by atoms with E-state index in [0.717, 1.165) is 12.1 Å². The molecule has 262 valence electrons. The Balaban J connectivity index is 2.41. The maximum Gasteiger partial charge on any atom is 0.325 e. The zero-order valence-electron chi connectivity index (χ0n) is 27.0. The molecule has 0 saturated heterocycles. The summed E-state index contributed by atoms with van der Waals surface area (Å²) in [5.41, 5.74) is -0.437. The molecule has 0 amide bonds. The first-order valence-electron chi connectivity index (χ1n) is 14.9. The third-order valence-corrected chi connectivity index (χ3v) is 6.09. The van der Waals surface area contributed by atoms with Crippen LogP contribution in [0, 0.1) is 20.2 Å². The third-order valence-electron chi connectivity index (χ3n) is 6.09. The Labute approximate surface area is 275 Å². The number of nitrogens with zero attached hydrogens (tertiary/aromatic N) is 4. The van der Waals surface area contributed by atoms with Crippen LogP contribution in [-0.4, -0.2) is 99.5 Å². The minimum atomic E-state index is -0.678. The lowest BCUT2D eigenvalue weighted by Crippen LogP contribution is -2.36. The molecule has 0 heterocycles. The summed E-state index contributed by atoms with van der Waals surface area (Å²) in [7, 11) is 0. The second-order valence-electron chi connectivity index (χ2n) is 9.45. The van der Waals surface area contributed by atoms with Gasteiger partial charge in [-0.3, -0.25) is 39.4 Å². The molecule has 0 N–H and O–H groups in total. The Morgan fingerprint density at radius 1 is 0.562 bits per heavy atom. The van der Waals surface area contributed by atoms with Crippen molar-refractivity contribution >= 4 is 46.6 Å². The number of benzene rings is 2. The molecule has 0 unspecified atom stereocenters. The van der Waals surface area contributed by atoms with Crippen molar-refractivity contribution in [2.45, 2.75) is 27.7 Å². The Morgan fingerprint density at radius 3 is 1.10 bits per heavy atom. The standard InChI is InChI=1S/C30H38N4O14/c1-5-43-27(35)17-31(18-28(36)44-6-2)23-11-9-21(33(39)40)15-25(23)47-13-14-48-26-16-22(34(41)42)10-12-24(26)32(19-29(37)45-7-3)20-30(38)46-8-4/h9-12,15-16H,5-8,13-14,17-20H2,1-4H3. The van der Waals surface area contributed by atoms with E-state index in [2.05, 4.69) is 0 Å². The predicted octanol–water partition coefficient (Wildman–Crippen LogP) is 2.83. The molecule has 18 nitrogen and oxygen atoms in total. The molecule has 0 spiro atoms. The molecule has 2 aromatic rings. The molecule has 0 aromatic heterocycles. The largest absolute Gasteiger partial charge is 0.488 e. The quantitative estimate of drug-likeness (QED) is 0.0609. The van der Waals surface area contributed by atoms with Gasteiger partial charge in [0.05, 0.1) is 59.8 Å². The van der Waals surface area contributed by atoms with E-state index in [4.69, 9.17) is 28.4 Å². The minimum Gasteiger partial charge on any atom is -0.488 e. The lowest BCUT2D eigenvalue weighted by atomic mass is 10.2. The van der Waals surface area contributed by atoms with Gasteiger partial charge in [0.25, 0.3) is 11.4 Å². The number of ether oxygens (including phenoxy) is 6. The summed E-state index contributed by atoms with van der Waals surface area (Å²) >= 11 is 0. The van der Waals surface area contributed by atoms with Gasteiger partial charge in [0.1, 0.15) is 50.9 Å². The van der Waals surface area contributed by atoms with Crippen molar-refractivity contribution in [3.05, 3.63) is 56.6 Å². The number of hydrogen-bond acceptors (Lipinski definition) is 16. The van der Waals surface area contributed by atoms with Gasteiger partial charge in [0.2, 0.25) is 0 Å². The van der Waals surface area contributed by atoms with Gasteiger partial charge >= 0.3 is 23.9 Å². The van der Waals surface area contributed by atoms with E-state index < -0.39 is 59.9 Å². The van der Waals surface area contributed by atoms with Crippen LogP contribution in [0.15, 0.2) is 36.4 Å². The predicted molar refractivity (Wildman–Crippen MR) is 168 cm³/mol. The van der Waals surface area contributed by atoms with Crippen molar-refractivity contribution < 1.29 is 57.4 Å². The minimum absolute atomic E-state index is 0.0731. The second-order valence-corrected chi connectivity index (χ2v) is 9.45. The zero-order chi connectivity index (χ0) is 35.6. The molecule has 0 aliphatic rings. The van der Waals surface area contributed by atoms with Crippen LogP contribution in [0.4, 0.5) is 22.7 Å². The topological polar surface area (TPSA) is 216 Å². The molecule has 18 heteroatoms. The van der Waals surface area contributed by atoms with E-state index in [0.29, 0.717) is 0 Å². The monoisotopic (exact) mass is 678 g/mol. The van der Waals surface area contributed by atoms with E-state index in [1.165, 1.54) is 34.1 Å². The number of hydrogen-bond donors (Lipinski definition) is 0. The van der Waals surface area contributed by atoms with Gasteiger partial charge in [-0.05, 0) is 39.8 Å². The molecule has 0 aliphatic carbocycles. The smallest absolute Gasteiger partial charge is 0.325 e. The number of esters is 4. The number of non-ortho nitro benzene ring substituents is 2. The van der Waals surface area contributed by atoms with Crippen molar-refractivity contribution in [1.29, 1.82) is 0 Å². The van der Waals surface area contributed by atoms with Crippen LogP contribution < -0.4 is 19.3 Å². The van der Waals surface area contributed by atoms with Crippen molar-refractivity contribution in [1.82, 2.24) is 0 Å². The van der Waals surface area contributed by atoms with Gasteiger partial charge < -0.3 is 38.2 Å². The van der Waals surface area contributed by atoms with Crippen LogP contribution in [0.1, 0.15) is 27.7 Å². The van der Waals surface area contributed by atoms with Crippen molar-refractivity contribution in [2.24, 2.45) is 0 Å². The average molecular weight is 679 g/mol. The Kier molecular flexibility index (Phi) is 15.8. The van der Waals surface area contributed by atoms with Crippen LogP contribution in [0.5, 0.6) is 11.5 Å². The second kappa shape index (κ2) is 19.7. The van der Waals surface area contributed by atoms with Gasteiger partial charge in [-0.1, -0.05) is 0 Å². The summed E-state index contributed by atoms with van der Waals surface area (Å²) in [6.45, 7) is 4.48. The summed E-state index contributed by atoms with van der Waals surface area (Å²) in [6, 6.07) is 7.12. The lowest BCUT2D eigenvalue weighted by molar-refractivity contribution is -0.385. The first kappa shape index (κ1) is 38.5. The average Bonchev–Trinajstić information content (AvgIpc) is 3.02. The van der Waals surface area contributed by atoms with Crippen LogP contribution in [0.2, 0.25) is 0 Å². The molecule has 2 aromatic carbocycles. The number of carbonyl (C=O) groups is 4. The summed E-state index contributed by atoms with van der Waals surface area (Å²) < 4.78 is 31.6. The molecule has 0 radical (unpaired) electrons. The lowest BCUT2D eigenvalue weighted by Gasteiger charge is -2.26. The summed E-state index contributed by atoms with van der Waals surface area (Å²) in [4.78, 5) is 73.7. The molecule has 48 heavy (non-hydrogen) atoms. The van der Waals surface area contributed by atoms with Gasteiger partial charge in [0, 0.05) is 12.1 Å². The van der Waals surface area contributed by atoms with E-state index in [9.17, 15) is 39.4 Å². The maximum absolute atomic E-state index is 12.3. The Hall–Kier alpha value is -5.68. The molecule has 0 fully saturated rings. The molecular formula is C30H38N4O14. The highest BCUT2D eigenvalue weighted by molar-refractivity contribution is 5.84. The van der Waals surface area contributed by atoms with Crippen molar-refractivity contribution in [3.8, 4) is 11.5 Å². The third kappa shape index (κ3) is 12.3. The first-order valence-corrected chi connectivity index (χ1v) is 14.9. The molecular weight excluding hydrogens is 640 g/mol. The van der Waals surface area contributed by atoms with Crippen molar-refractivity contribution in [3.63, 3.8) is 0 Å². The fourth-order valence-corrected chi connectivity index (χ4v) is 4.19. The van der Waals surface area contributed by atoms with E-state index >= 15 is 0 Å². The summed E-state index contributed by atoms with van der Waals surface area (Å²) in [6.07, 6.45) is 0. The zero-order valence-corrected chi connectivity index (χ0v) is 27.0. The fourth-order valence-electron chi connectivity index (χ4n) is 4.19. The number of anilines is 2. The van der Waals surface area contributed by atoms with Gasteiger partial charge in [-0.15, -0.1) is 0 Å². The first-order chi connectivity index (χ1) is 22.9. The summed E-state index contributed by atoms with van der Waals surface area (Å²) in [5.74, 6) is -2.89. The van der Waals surface area contributed by atoms with E-state index in [1.807, 2.05) is 0 Å². The van der Waals surface area contributed by atoms with Crippen LogP contribution in [0.3, 0.4) is 0 Å². The number of nitro groups is 2. The highest BCUT2D eigenvalue weighted by Crippen LogP contribution is 2.34. The Morgan fingerprint density at radius 2 is 0.854 bits per heavy atom. The van der Waals surface area contributed by atoms with Crippen molar-refractivity contribution in [2.75, 3.05) is 75.6 Å². The highest BCUT2D eigenvalue weighted by Gasteiger charge is 2.25. The highest BCUT2D eigenvalue weighted by atomic mass is 16.6. The number of rotatable bonds is 21. The van der Waals surface area contributed by atoms with Crippen LogP contribution in [-0.2, 0) is 38.1 Å². The Bertz CT molecular complexity index is 1300. The van der Waals surface area contributed by atoms with E-state index in [1.54, 1.807) is 27.7 Å². The molecule has 0 aliphatic heterocycles. The van der Waals surface area contributed by atoms with E-state index in [-0.39, 0.29) is 73.9 Å². The van der Waals surface area contributed by atoms with Crippen LogP contribution in [0.25, 0.3) is 0 Å². The molecule has 2 rings (SSSR count). The fraction of sp³-hybridized carbons (Fsp3) is 0.467. The number of carbonyl (C=O) groups excluding carboxylic acids is 4. The molecule has 0 bridgehead atoms.